The van der Waals surface area contributed by atoms with E-state index < -0.39 is 6.04 Å². The van der Waals surface area contributed by atoms with Gasteiger partial charge < -0.3 is 15.8 Å². The Morgan fingerprint density at radius 3 is 2.29 bits per heavy atom. The van der Waals surface area contributed by atoms with Crippen LogP contribution >= 0.6 is 0 Å². The Balaban J connectivity index is 2.85. The van der Waals surface area contributed by atoms with Crippen LogP contribution < -0.4 is 15.8 Å². The molecule has 0 bridgehead atoms. The highest BCUT2D eigenvalue weighted by molar-refractivity contribution is 5.82. The Morgan fingerprint density at radius 1 is 1.19 bits per heavy atom. The van der Waals surface area contributed by atoms with Crippen molar-refractivity contribution in [1.82, 2.24) is 5.32 Å². The fraction of sp³-hybridized carbons (Fsp3) is 0.588. The summed E-state index contributed by atoms with van der Waals surface area (Å²) in [5.41, 5.74) is 6.69. The molecule has 1 aromatic rings. The lowest BCUT2D eigenvalue weighted by Crippen LogP contribution is -2.49. The molecule has 0 fully saturated rings. The largest absolute Gasteiger partial charge is 0.491 e. The topological polar surface area (TPSA) is 64.3 Å². The average Bonchev–Trinajstić information content (AvgIpc) is 2.36. The SMILES string of the molecule is CC(C)Oc1ccccc1C(C)NC(=O)C(N)C(C)(C)C. The smallest absolute Gasteiger partial charge is 0.237 e. The van der Waals surface area contributed by atoms with Gasteiger partial charge in [0.05, 0.1) is 18.2 Å². The second-order valence-electron chi connectivity index (χ2n) is 6.78. The monoisotopic (exact) mass is 292 g/mol. The van der Waals surface area contributed by atoms with Crippen molar-refractivity contribution in [2.24, 2.45) is 11.1 Å². The highest BCUT2D eigenvalue weighted by Gasteiger charge is 2.28. The van der Waals surface area contributed by atoms with Crippen molar-refractivity contribution in [2.75, 3.05) is 0 Å². The first-order chi connectivity index (χ1) is 9.62. The lowest BCUT2D eigenvalue weighted by atomic mass is 9.86. The molecule has 0 heterocycles. The lowest BCUT2D eigenvalue weighted by molar-refractivity contribution is -0.125. The zero-order valence-electron chi connectivity index (χ0n) is 13.9. The van der Waals surface area contributed by atoms with Crippen LogP contribution in [0.15, 0.2) is 24.3 Å². The summed E-state index contributed by atoms with van der Waals surface area (Å²) < 4.78 is 5.79. The maximum atomic E-state index is 12.2. The summed E-state index contributed by atoms with van der Waals surface area (Å²) in [5.74, 6) is 0.652. The second-order valence-corrected chi connectivity index (χ2v) is 6.78. The van der Waals surface area contributed by atoms with Gasteiger partial charge in [-0.3, -0.25) is 4.79 Å². The van der Waals surface area contributed by atoms with Crippen molar-refractivity contribution in [2.45, 2.75) is 59.7 Å². The van der Waals surface area contributed by atoms with Crippen LogP contribution in [-0.4, -0.2) is 18.1 Å². The highest BCUT2D eigenvalue weighted by atomic mass is 16.5. The van der Waals surface area contributed by atoms with E-state index in [9.17, 15) is 4.79 Å². The first-order valence-corrected chi connectivity index (χ1v) is 7.44. The minimum absolute atomic E-state index is 0.0888. The van der Waals surface area contributed by atoms with E-state index in [4.69, 9.17) is 10.5 Å². The molecule has 4 nitrogen and oxygen atoms in total. The Hall–Kier alpha value is -1.55. The van der Waals surface area contributed by atoms with Gasteiger partial charge in [0.25, 0.3) is 0 Å². The van der Waals surface area contributed by atoms with Crippen molar-refractivity contribution < 1.29 is 9.53 Å². The molecule has 0 saturated carbocycles. The molecule has 4 heteroatoms. The molecule has 2 atom stereocenters. The van der Waals surface area contributed by atoms with E-state index >= 15 is 0 Å². The van der Waals surface area contributed by atoms with Crippen LogP contribution in [-0.2, 0) is 4.79 Å². The zero-order chi connectivity index (χ0) is 16.2. The predicted molar refractivity (Wildman–Crippen MR) is 86.2 cm³/mol. The Morgan fingerprint density at radius 2 is 1.76 bits per heavy atom. The zero-order valence-corrected chi connectivity index (χ0v) is 13.9. The van der Waals surface area contributed by atoms with Crippen LogP contribution in [0, 0.1) is 5.41 Å². The molecule has 0 saturated heterocycles. The molecule has 1 amide bonds. The Labute approximate surface area is 128 Å². The van der Waals surface area contributed by atoms with Crippen LogP contribution in [0.5, 0.6) is 5.75 Å². The van der Waals surface area contributed by atoms with Gasteiger partial charge in [0.15, 0.2) is 0 Å². The van der Waals surface area contributed by atoms with Gasteiger partial charge in [0.1, 0.15) is 5.75 Å². The molecule has 0 aliphatic carbocycles. The number of hydrogen-bond donors (Lipinski definition) is 2. The van der Waals surface area contributed by atoms with Crippen LogP contribution in [0.1, 0.15) is 53.1 Å². The minimum Gasteiger partial charge on any atom is -0.491 e. The number of nitrogens with one attached hydrogen (secondary N) is 1. The average molecular weight is 292 g/mol. The minimum atomic E-state index is -0.543. The summed E-state index contributed by atoms with van der Waals surface area (Å²) in [5, 5.41) is 2.97. The van der Waals surface area contributed by atoms with Crippen LogP contribution in [0.2, 0.25) is 0 Å². The number of carbonyl (C=O) groups excluding carboxylic acids is 1. The lowest BCUT2D eigenvalue weighted by Gasteiger charge is -2.28. The van der Waals surface area contributed by atoms with Crippen molar-refractivity contribution in [3.63, 3.8) is 0 Å². The van der Waals surface area contributed by atoms with Crippen molar-refractivity contribution in [3.05, 3.63) is 29.8 Å². The summed E-state index contributed by atoms with van der Waals surface area (Å²) in [4.78, 5) is 12.2. The molecule has 1 aromatic carbocycles. The fourth-order valence-electron chi connectivity index (χ4n) is 1.97. The first-order valence-electron chi connectivity index (χ1n) is 7.44. The van der Waals surface area contributed by atoms with Crippen molar-refractivity contribution in [3.8, 4) is 5.75 Å². The summed E-state index contributed by atoms with van der Waals surface area (Å²) >= 11 is 0. The maximum Gasteiger partial charge on any atom is 0.237 e. The number of rotatable bonds is 5. The molecule has 0 aliphatic heterocycles. The van der Waals surface area contributed by atoms with Gasteiger partial charge in [-0.1, -0.05) is 39.0 Å². The third-order valence-electron chi connectivity index (χ3n) is 3.32. The van der Waals surface area contributed by atoms with Gasteiger partial charge in [-0.05, 0) is 32.3 Å². The van der Waals surface area contributed by atoms with E-state index in [0.29, 0.717) is 0 Å². The van der Waals surface area contributed by atoms with Gasteiger partial charge in [0, 0.05) is 5.56 Å². The normalized spacial score (nSPS) is 14.7. The van der Waals surface area contributed by atoms with E-state index in [-0.39, 0.29) is 23.5 Å². The van der Waals surface area contributed by atoms with Gasteiger partial charge in [-0.2, -0.15) is 0 Å². The summed E-state index contributed by atoms with van der Waals surface area (Å²) in [7, 11) is 0. The molecule has 21 heavy (non-hydrogen) atoms. The number of carbonyl (C=O) groups is 1. The third kappa shape index (κ3) is 5.05. The first kappa shape index (κ1) is 17.5. The van der Waals surface area contributed by atoms with E-state index in [1.807, 2.05) is 65.8 Å². The van der Waals surface area contributed by atoms with E-state index in [1.165, 1.54) is 0 Å². The number of hydrogen-bond acceptors (Lipinski definition) is 3. The molecular weight excluding hydrogens is 264 g/mol. The third-order valence-corrected chi connectivity index (χ3v) is 3.32. The molecule has 0 aromatic heterocycles. The van der Waals surface area contributed by atoms with Crippen molar-refractivity contribution in [1.29, 1.82) is 0 Å². The van der Waals surface area contributed by atoms with E-state index in [1.54, 1.807) is 0 Å². The molecular formula is C17H28N2O2. The second kappa shape index (κ2) is 6.94. The molecule has 0 aliphatic rings. The maximum absolute atomic E-state index is 12.2. The van der Waals surface area contributed by atoms with Crippen molar-refractivity contribution >= 4 is 5.91 Å². The van der Waals surface area contributed by atoms with Crippen LogP contribution in [0.25, 0.3) is 0 Å². The molecule has 3 N–H and O–H groups in total. The number of ether oxygens (including phenoxy) is 1. The van der Waals surface area contributed by atoms with E-state index in [0.717, 1.165) is 11.3 Å². The van der Waals surface area contributed by atoms with Gasteiger partial charge >= 0.3 is 0 Å². The number of benzene rings is 1. The summed E-state index contributed by atoms with van der Waals surface area (Å²) in [6, 6.07) is 7.05. The summed E-state index contributed by atoms with van der Waals surface area (Å²) in [6.45, 7) is 11.8. The number of para-hydroxylation sites is 1. The summed E-state index contributed by atoms with van der Waals surface area (Å²) in [6.07, 6.45) is 0.0888. The van der Waals surface area contributed by atoms with Gasteiger partial charge in [-0.25, -0.2) is 0 Å². The van der Waals surface area contributed by atoms with Gasteiger partial charge in [-0.15, -0.1) is 0 Å². The Bertz CT molecular complexity index is 478. The van der Waals surface area contributed by atoms with Gasteiger partial charge in [0.2, 0.25) is 5.91 Å². The molecule has 1 rings (SSSR count). The number of amides is 1. The van der Waals surface area contributed by atoms with E-state index in [2.05, 4.69) is 5.32 Å². The van der Waals surface area contributed by atoms with Crippen LogP contribution in [0.3, 0.4) is 0 Å². The molecule has 0 radical (unpaired) electrons. The fourth-order valence-corrected chi connectivity index (χ4v) is 1.97. The number of nitrogens with two attached hydrogens (primary N) is 1. The molecule has 0 spiro atoms. The predicted octanol–water partition coefficient (Wildman–Crippen LogP) is 3.02. The van der Waals surface area contributed by atoms with Crippen LogP contribution in [0.4, 0.5) is 0 Å². The standard InChI is InChI=1S/C17H28N2O2/c1-11(2)21-14-10-8-7-9-13(14)12(3)19-16(20)15(18)17(4,5)6/h7-12,15H,18H2,1-6H3,(H,19,20). The Kier molecular flexibility index (Phi) is 5.78. The molecule has 118 valence electrons. The highest BCUT2D eigenvalue weighted by Crippen LogP contribution is 2.26. The molecule has 2 unspecified atom stereocenters. The quantitative estimate of drug-likeness (QED) is 0.876.